The van der Waals surface area contributed by atoms with E-state index >= 15 is 0 Å². The smallest absolute Gasteiger partial charge is 0.241 e. The summed E-state index contributed by atoms with van der Waals surface area (Å²) < 4.78 is 19.4. The van der Waals surface area contributed by atoms with Crippen LogP contribution >= 0.6 is 0 Å². The monoisotopic (exact) mass is 347 g/mol. The van der Waals surface area contributed by atoms with E-state index in [-0.39, 0.29) is 36.0 Å². The first-order chi connectivity index (χ1) is 12.1. The number of nitrogens with one attached hydrogen (secondary N) is 2. The Hall–Kier alpha value is -1.50. The van der Waals surface area contributed by atoms with E-state index in [2.05, 4.69) is 10.9 Å². The number of rotatable bonds is 2. The van der Waals surface area contributed by atoms with Gasteiger partial charge < -0.3 is 9.64 Å². The van der Waals surface area contributed by atoms with Crippen molar-refractivity contribution in [2.45, 2.75) is 63.3 Å². The molecule has 2 aliphatic heterocycles. The molecule has 1 aromatic rings. The average molecular weight is 347 g/mol. The highest BCUT2D eigenvalue weighted by atomic mass is 19.1. The van der Waals surface area contributed by atoms with E-state index in [1.807, 2.05) is 11.0 Å². The van der Waals surface area contributed by atoms with Crippen LogP contribution in [0, 0.1) is 12.7 Å². The first kappa shape index (κ1) is 16.9. The van der Waals surface area contributed by atoms with Crippen LogP contribution in [-0.2, 0) is 9.53 Å². The summed E-state index contributed by atoms with van der Waals surface area (Å²) in [5.74, 6) is -0.0342. The van der Waals surface area contributed by atoms with E-state index in [0.29, 0.717) is 25.1 Å². The molecule has 6 heteroatoms. The molecule has 136 valence electrons. The molecule has 1 amide bonds. The van der Waals surface area contributed by atoms with Gasteiger partial charge in [-0.15, -0.1) is 0 Å². The second-order valence-electron chi connectivity index (χ2n) is 7.43. The highest BCUT2D eigenvalue weighted by Gasteiger charge is 2.41. The second-order valence-corrected chi connectivity index (χ2v) is 7.43. The summed E-state index contributed by atoms with van der Waals surface area (Å²) in [7, 11) is 0. The Bertz CT molecular complexity index is 652. The Morgan fingerprint density at radius 2 is 2.12 bits per heavy atom. The van der Waals surface area contributed by atoms with E-state index in [1.165, 1.54) is 18.9 Å². The molecule has 0 aromatic heterocycles. The van der Waals surface area contributed by atoms with Gasteiger partial charge in [0.25, 0.3) is 0 Å². The maximum Gasteiger partial charge on any atom is 0.241 e. The molecule has 2 N–H and O–H groups in total. The molecular weight excluding hydrogens is 321 g/mol. The topological polar surface area (TPSA) is 53.6 Å². The molecule has 4 rings (SSSR count). The number of halogens is 1. The van der Waals surface area contributed by atoms with Crippen LogP contribution in [0.4, 0.5) is 4.39 Å². The molecule has 4 atom stereocenters. The van der Waals surface area contributed by atoms with Gasteiger partial charge in [-0.25, -0.2) is 15.2 Å². The van der Waals surface area contributed by atoms with Gasteiger partial charge in [0.05, 0.1) is 18.8 Å². The molecule has 1 aromatic carbocycles. The lowest BCUT2D eigenvalue weighted by Gasteiger charge is -2.44. The minimum atomic E-state index is -0.240. The molecule has 4 unspecified atom stereocenters. The summed E-state index contributed by atoms with van der Waals surface area (Å²) in [6, 6.07) is 5.15. The van der Waals surface area contributed by atoms with Crippen molar-refractivity contribution in [1.29, 1.82) is 0 Å². The first-order valence-corrected chi connectivity index (χ1v) is 9.32. The van der Waals surface area contributed by atoms with Crippen molar-refractivity contribution in [2.24, 2.45) is 0 Å². The number of carbonyl (C=O) groups is 1. The quantitative estimate of drug-likeness (QED) is 0.861. The van der Waals surface area contributed by atoms with Crippen LogP contribution < -0.4 is 10.9 Å². The fraction of sp³-hybridized carbons (Fsp3) is 0.632. The summed E-state index contributed by atoms with van der Waals surface area (Å²) in [6.07, 6.45) is 5.34. The third-order valence-corrected chi connectivity index (χ3v) is 5.80. The van der Waals surface area contributed by atoms with E-state index in [9.17, 15) is 9.18 Å². The number of carbonyl (C=O) groups excluding carboxylic acids is 1. The minimum Gasteiger partial charge on any atom is -0.374 e. The van der Waals surface area contributed by atoms with Crippen molar-refractivity contribution >= 4 is 5.91 Å². The number of fused-ring (bicyclic) bond motifs is 1. The average Bonchev–Trinajstić information content (AvgIpc) is 3.13. The Labute approximate surface area is 147 Å². The first-order valence-electron chi connectivity index (χ1n) is 9.32. The number of hydrogen-bond donors (Lipinski definition) is 2. The standard InChI is InChI=1S/C19H26FN3O2/c1-12-10-13(6-7-14(12)20)15-11-16(22-21-15)19(24)23-8-9-25-18-5-3-2-4-17(18)23/h6-7,10,15-18,21-22H,2-5,8-9,11H2,1H3. The third kappa shape index (κ3) is 3.30. The van der Waals surface area contributed by atoms with Crippen LogP contribution in [0.3, 0.4) is 0 Å². The molecule has 0 spiro atoms. The van der Waals surface area contributed by atoms with Crippen molar-refractivity contribution < 1.29 is 13.9 Å². The normalized spacial score (nSPS) is 32.5. The molecule has 0 radical (unpaired) electrons. The van der Waals surface area contributed by atoms with Crippen LogP contribution in [0.15, 0.2) is 18.2 Å². The largest absolute Gasteiger partial charge is 0.374 e. The summed E-state index contributed by atoms with van der Waals surface area (Å²) in [6.45, 7) is 3.08. The maximum absolute atomic E-state index is 13.5. The van der Waals surface area contributed by atoms with Crippen molar-refractivity contribution in [3.05, 3.63) is 35.1 Å². The Morgan fingerprint density at radius 3 is 2.96 bits per heavy atom. The van der Waals surface area contributed by atoms with Gasteiger partial charge in [-0.05, 0) is 43.4 Å². The number of nitrogens with zero attached hydrogens (tertiary/aromatic N) is 1. The van der Waals surface area contributed by atoms with Gasteiger partial charge >= 0.3 is 0 Å². The number of aryl methyl sites for hydroxylation is 1. The van der Waals surface area contributed by atoms with Gasteiger partial charge in [0, 0.05) is 12.6 Å². The SMILES string of the molecule is Cc1cc(C2CC(C(=O)N3CCOC4CCCCC43)NN2)ccc1F. The summed E-state index contributed by atoms with van der Waals surface area (Å²) in [5, 5.41) is 0. The molecule has 25 heavy (non-hydrogen) atoms. The van der Waals surface area contributed by atoms with Crippen molar-refractivity contribution in [3.63, 3.8) is 0 Å². The molecular formula is C19H26FN3O2. The Morgan fingerprint density at radius 1 is 1.28 bits per heavy atom. The lowest BCUT2D eigenvalue weighted by molar-refractivity contribution is -0.151. The van der Waals surface area contributed by atoms with Crippen LogP contribution in [0.1, 0.15) is 49.3 Å². The molecule has 5 nitrogen and oxygen atoms in total. The van der Waals surface area contributed by atoms with Gasteiger partial charge in [-0.1, -0.05) is 25.0 Å². The van der Waals surface area contributed by atoms with Gasteiger partial charge in [0.2, 0.25) is 5.91 Å². The predicted molar refractivity (Wildman–Crippen MR) is 92.3 cm³/mol. The summed E-state index contributed by atoms with van der Waals surface area (Å²) >= 11 is 0. The summed E-state index contributed by atoms with van der Waals surface area (Å²) in [5.41, 5.74) is 8.01. The van der Waals surface area contributed by atoms with E-state index in [1.54, 1.807) is 13.0 Å². The van der Waals surface area contributed by atoms with Gasteiger partial charge in [-0.3, -0.25) is 4.79 Å². The number of ether oxygens (including phenoxy) is 1. The van der Waals surface area contributed by atoms with Gasteiger partial charge in [-0.2, -0.15) is 0 Å². The Balaban J connectivity index is 1.43. The zero-order valence-electron chi connectivity index (χ0n) is 14.6. The lowest BCUT2D eigenvalue weighted by Crippen LogP contribution is -2.58. The second kappa shape index (κ2) is 7.02. The predicted octanol–water partition coefficient (Wildman–Crippen LogP) is 2.21. The molecule has 3 aliphatic rings. The fourth-order valence-electron chi connectivity index (χ4n) is 4.39. The number of morpholine rings is 1. The highest BCUT2D eigenvalue weighted by Crippen LogP contribution is 2.31. The maximum atomic E-state index is 13.5. The highest BCUT2D eigenvalue weighted by molar-refractivity contribution is 5.82. The molecule has 1 aliphatic carbocycles. The van der Waals surface area contributed by atoms with E-state index in [4.69, 9.17) is 4.74 Å². The van der Waals surface area contributed by atoms with Crippen molar-refractivity contribution in [1.82, 2.24) is 15.8 Å². The molecule has 2 saturated heterocycles. The Kier molecular flexibility index (Phi) is 4.75. The van der Waals surface area contributed by atoms with Crippen molar-refractivity contribution in [3.8, 4) is 0 Å². The van der Waals surface area contributed by atoms with Gasteiger partial charge in [0.1, 0.15) is 11.9 Å². The van der Waals surface area contributed by atoms with E-state index in [0.717, 1.165) is 18.4 Å². The summed E-state index contributed by atoms with van der Waals surface area (Å²) in [4.78, 5) is 15.1. The number of hydrogen-bond acceptors (Lipinski definition) is 4. The number of hydrazine groups is 1. The number of amides is 1. The van der Waals surface area contributed by atoms with E-state index < -0.39 is 0 Å². The van der Waals surface area contributed by atoms with Crippen LogP contribution in [0.2, 0.25) is 0 Å². The number of benzene rings is 1. The van der Waals surface area contributed by atoms with Crippen LogP contribution in [0.5, 0.6) is 0 Å². The molecule has 0 bridgehead atoms. The molecule has 3 fully saturated rings. The lowest BCUT2D eigenvalue weighted by atomic mass is 9.89. The van der Waals surface area contributed by atoms with Crippen LogP contribution in [-0.4, -0.2) is 42.1 Å². The van der Waals surface area contributed by atoms with Crippen molar-refractivity contribution in [2.75, 3.05) is 13.2 Å². The minimum absolute atomic E-state index is 0.0245. The molecule has 2 heterocycles. The fourth-order valence-corrected chi connectivity index (χ4v) is 4.39. The zero-order chi connectivity index (χ0) is 17.4. The zero-order valence-corrected chi connectivity index (χ0v) is 14.6. The van der Waals surface area contributed by atoms with Gasteiger partial charge in [0.15, 0.2) is 0 Å². The van der Waals surface area contributed by atoms with Crippen LogP contribution in [0.25, 0.3) is 0 Å². The molecule has 1 saturated carbocycles. The third-order valence-electron chi connectivity index (χ3n) is 5.80.